The van der Waals surface area contributed by atoms with E-state index in [9.17, 15) is 0 Å². The van der Waals surface area contributed by atoms with Gasteiger partial charge in [-0.2, -0.15) is 0 Å². The van der Waals surface area contributed by atoms with Crippen molar-refractivity contribution in [1.82, 2.24) is 4.90 Å². The van der Waals surface area contributed by atoms with Gasteiger partial charge in [0.2, 0.25) is 0 Å². The Morgan fingerprint density at radius 3 is 2.95 bits per heavy atom. The SMILES string of the molecule is CCN(CC1CCCO1)C(CN)c1cc(Br)ccc1Cl. The highest BCUT2D eigenvalue weighted by atomic mass is 79.9. The van der Waals surface area contributed by atoms with E-state index in [2.05, 4.69) is 33.8 Å². The molecule has 1 fully saturated rings. The maximum atomic E-state index is 6.35. The topological polar surface area (TPSA) is 38.5 Å². The van der Waals surface area contributed by atoms with Crippen molar-refractivity contribution < 1.29 is 4.74 Å². The first-order chi connectivity index (χ1) is 9.65. The van der Waals surface area contributed by atoms with Gasteiger partial charge in [-0.3, -0.25) is 4.90 Å². The fourth-order valence-corrected chi connectivity index (χ4v) is 3.39. The summed E-state index contributed by atoms with van der Waals surface area (Å²) in [5, 5.41) is 0.773. The van der Waals surface area contributed by atoms with E-state index in [1.165, 1.54) is 0 Å². The van der Waals surface area contributed by atoms with Crippen molar-refractivity contribution in [1.29, 1.82) is 0 Å². The largest absolute Gasteiger partial charge is 0.377 e. The van der Waals surface area contributed by atoms with Crippen LogP contribution in [0.2, 0.25) is 5.02 Å². The highest BCUT2D eigenvalue weighted by Crippen LogP contribution is 2.30. The lowest BCUT2D eigenvalue weighted by Crippen LogP contribution is -2.38. The van der Waals surface area contributed by atoms with Crippen LogP contribution in [-0.2, 0) is 4.74 Å². The third kappa shape index (κ3) is 3.95. The van der Waals surface area contributed by atoms with E-state index in [1.807, 2.05) is 12.1 Å². The Morgan fingerprint density at radius 2 is 2.35 bits per heavy atom. The first-order valence-corrected chi connectivity index (χ1v) is 8.33. The Kier molecular flexibility index (Phi) is 6.30. The Morgan fingerprint density at radius 1 is 1.55 bits per heavy atom. The number of halogens is 2. The first-order valence-electron chi connectivity index (χ1n) is 7.16. The molecule has 1 aliphatic rings. The fraction of sp³-hybridized carbons (Fsp3) is 0.600. The van der Waals surface area contributed by atoms with Crippen molar-refractivity contribution in [3.63, 3.8) is 0 Å². The molecule has 0 aliphatic carbocycles. The molecule has 2 rings (SSSR count). The maximum Gasteiger partial charge on any atom is 0.0703 e. The van der Waals surface area contributed by atoms with Gasteiger partial charge in [0.1, 0.15) is 0 Å². The van der Waals surface area contributed by atoms with E-state index < -0.39 is 0 Å². The lowest BCUT2D eigenvalue weighted by atomic mass is 10.0. The summed E-state index contributed by atoms with van der Waals surface area (Å²) in [6.45, 7) is 5.44. The summed E-state index contributed by atoms with van der Waals surface area (Å²) >= 11 is 9.86. The quantitative estimate of drug-likeness (QED) is 0.841. The van der Waals surface area contributed by atoms with Crippen LogP contribution in [0.15, 0.2) is 22.7 Å². The van der Waals surface area contributed by atoms with Crippen LogP contribution in [0.5, 0.6) is 0 Å². The molecular formula is C15H22BrClN2O. The minimum absolute atomic E-state index is 0.134. The van der Waals surface area contributed by atoms with Crippen LogP contribution >= 0.6 is 27.5 Å². The average molecular weight is 362 g/mol. The monoisotopic (exact) mass is 360 g/mol. The van der Waals surface area contributed by atoms with Crippen molar-refractivity contribution in [3.8, 4) is 0 Å². The van der Waals surface area contributed by atoms with E-state index in [4.69, 9.17) is 22.1 Å². The minimum atomic E-state index is 0.134. The summed E-state index contributed by atoms with van der Waals surface area (Å²) in [6, 6.07) is 6.08. The highest BCUT2D eigenvalue weighted by Gasteiger charge is 2.25. The number of likely N-dealkylation sites (N-methyl/N-ethyl adjacent to an activating group) is 1. The summed E-state index contributed by atoms with van der Waals surface area (Å²) in [5.41, 5.74) is 7.10. The van der Waals surface area contributed by atoms with Gasteiger partial charge >= 0.3 is 0 Å². The van der Waals surface area contributed by atoms with E-state index in [1.54, 1.807) is 0 Å². The fourth-order valence-electron chi connectivity index (χ4n) is 2.77. The summed E-state index contributed by atoms with van der Waals surface area (Å²) in [5.74, 6) is 0. The number of benzene rings is 1. The van der Waals surface area contributed by atoms with Crippen molar-refractivity contribution >= 4 is 27.5 Å². The third-order valence-electron chi connectivity index (χ3n) is 3.85. The maximum absolute atomic E-state index is 6.35. The van der Waals surface area contributed by atoms with E-state index in [-0.39, 0.29) is 6.04 Å². The first kappa shape index (κ1) is 16.2. The van der Waals surface area contributed by atoms with Gasteiger partial charge in [0.05, 0.1) is 6.10 Å². The molecule has 0 amide bonds. The molecule has 20 heavy (non-hydrogen) atoms. The van der Waals surface area contributed by atoms with Crippen molar-refractivity contribution in [2.45, 2.75) is 31.9 Å². The Balaban J connectivity index is 2.17. The summed E-state index contributed by atoms with van der Waals surface area (Å²) < 4.78 is 6.78. The van der Waals surface area contributed by atoms with Crippen molar-refractivity contribution in [3.05, 3.63) is 33.3 Å². The highest BCUT2D eigenvalue weighted by molar-refractivity contribution is 9.10. The van der Waals surface area contributed by atoms with Crippen LogP contribution in [0.1, 0.15) is 31.4 Å². The standard InChI is InChI=1S/C15H22BrClN2O/c1-2-19(10-12-4-3-7-20-12)15(9-18)13-8-11(16)5-6-14(13)17/h5-6,8,12,15H,2-4,7,9-10,18H2,1H3. The number of nitrogens with zero attached hydrogens (tertiary/aromatic N) is 1. The van der Waals surface area contributed by atoms with Crippen LogP contribution < -0.4 is 5.73 Å². The number of hydrogen-bond acceptors (Lipinski definition) is 3. The van der Waals surface area contributed by atoms with Gasteiger partial charge in [0.25, 0.3) is 0 Å². The summed E-state index contributed by atoms with van der Waals surface area (Å²) in [6.07, 6.45) is 2.63. The molecule has 2 unspecified atom stereocenters. The van der Waals surface area contributed by atoms with Gasteiger partial charge < -0.3 is 10.5 Å². The molecule has 3 nitrogen and oxygen atoms in total. The second-order valence-electron chi connectivity index (χ2n) is 5.14. The predicted octanol–water partition coefficient (Wildman–Crippen LogP) is 3.60. The molecule has 0 saturated carbocycles. The molecule has 2 N–H and O–H groups in total. The normalized spacial score (nSPS) is 20.6. The van der Waals surface area contributed by atoms with Gasteiger partial charge in [0, 0.05) is 35.2 Å². The van der Waals surface area contributed by atoms with Gasteiger partial charge in [-0.25, -0.2) is 0 Å². The molecule has 0 bridgehead atoms. The Hall–Kier alpha value is -0.130. The van der Waals surface area contributed by atoms with Crippen molar-refractivity contribution in [2.75, 3.05) is 26.2 Å². The van der Waals surface area contributed by atoms with Gasteiger partial charge in [-0.05, 0) is 43.1 Å². The lowest BCUT2D eigenvalue weighted by molar-refractivity contribution is 0.0601. The molecule has 1 aliphatic heterocycles. The molecule has 5 heteroatoms. The van der Waals surface area contributed by atoms with Gasteiger partial charge in [-0.15, -0.1) is 0 Å². The lowest BCUT2D eigenvalue weighted by Gasteiger charge is -2.32. The zero-order chi connectivity index (χ0) is 14.5. The number of ether oxygens (including phenoxy) is 1. The number of rotatable bonds is 6. The van der Waals surface area contributed by atoms with Crippen LogP contribution in [0.3, 0.4) is 0 Å². The average Bonchev–Trinajstić information content (AvgIpc) is 2.95. The second kappa shape index (κ2) is 7.76. The molecule has 1 aromatic rings. The second-order valence-corrected chi connectivity index (χ2v) is 6.46. The Bertz CT molecular complexity index is 438. The van der Waals surface area contributed by atoms with E-state index in [0.717, 1.165) is 47.6 Å². The zero-order valence-electron chi connectivity index (χ0n) is 11.8. The summed E-state index contributed by atoms with van der Waals surface area (Å²) in [4.78, 5) is 2.36. The van der Waals surface area contributed by atoms with Crippen molar-refractivity contribution in [2.24, 2.45) is 5.73 Å². The predicted molar refractivity (Wildman–Crippen MR) is 87.2 cm³/mol. The third-order valence-corrected chi connectivity index (χ3v) is 4.69. The van der Waals surface area contributed by atoms with Crippen LogP contribution in [0, 0.1) is 0 Å². The van der Waals surface area contributed by atoms with E-state index in [0.29, 0.717) is 12.6 Å². The number of nitrogens with two attached hydrogens (primary N) is 1. The smallest absolute Gasteiger partial charge is 0.0703 e. The zero-order valence-corrected chi connectivity index (χ0v) is 14.2. The molecule has 2 atom stereocenters. The van der Waals surface area contributed by atoms with E-state index >= 15 is 0 Å². The molecule has 112 valence electrons. The minimum Gasteiger partial charge on any atom is -0.377 e. The van der Waals surface area contributed by atoms with Crippen LogP contribution in [0.4, 0.5) is 0 Å². The van der Waals surface area contributed by atoms with Gasteiger partial charge in [-0.1, -0.05) is 34.5 Å². The Labute approximate surface area is 134 Å². The molecule has 1 aromatic carbocycles. The van der Waals surface area contributed by atoms with Crippen LogP contribution in [-0.4, -0.2) is 37.2 Å². The van der Waals surface area contributed by atoms with Crippen LogP contribution in [0.25, 0.3) is 0 Å². The molecule has 0 radical (unpaired) electrons. The molecule has 1 saturated heterocycles. The molecule has 1 heterocycles. The molecule has 0 aromatic heterocycles. The molecular weight excluding hydrogens is 340 g/mol. The number of hydrogen-bond donors (Lipinski definition) is 1. The molecule has 0 spiro atoms. The summed E-state index contributed by atoms with van der Waals surface area (Å²) in [7, 11) is 0. The van der Waals surface area contributed by atoms with Gasteiger partial charge in [0.15, 0.2) is 0 Å².